The van der Waals surface area contributed by atoms with Crippen LogP contribution in [0.5, 0.6) is 0 Å². The van der Waals surface area contributed by atoms with E-state index in [1.165, 1.54) is 5.57 Å². The third-order valence-electron chi connectivity index (χ3n) is 4.85. The zero-order chi connectivity index (χ0) is 15.2. The van der Waals surface area contributed by atoms with Gasteiger partial charge in [0.15, 0.2) is 5.78 Å². The molecule has 0 aromatic heterocycles. The molecular weight excluding hydrogens is 248 g/mol. The molecule has 0 aromatic carbocycles. The molecule has 0 bridgehead atoms. The zero-order valence-electron chi connectivity index (χ0n) is 13.9. The molecule has 0 N–H and O–H groups in total. The monoisotopic (exact) mass is 276 g/mol. The number of Topliss-reactive ketones (excluding diaryl/α,β-unsaturated/α-hetero) is 1. The second-order valence-electron chi connectivity index (χ2n) is 6.99. The van der Waals surface area contributed by atoms with Crippen LogP contribution in [0.1, 0.15) is 27.2 Å². The van der Waals surface area contributed by atoms with Crippen molar-refractivity contribution in [2.24, 2.45) is 23.7 Å². The van der Waals surface area contributed by atoms with Crippen molar-refractivity contribution in [2.75, 3.05) is 28.2 Å². The minimum Gasteiger partial charge on any atom is -0.364 e. The Bertz CT molecular complexity index is 461. The van der Waals surface area contributed by atoms with E-state index in [1.54, 1.807) is 0 Å². The first kappa shape index (κ1) is 15.1. The van der Waals surface area contributed by atoms with Gasteiger partial charge in [-0.2, -0.15) is 0 Å². The number of fused-ring (bicyclic) bond motifs is 1. The molecule has 2 aliphatic carbocycles. The summed E-state index contributed by atoms with van der Waals surface area (Å²) in [5, 5.41) is 0. The van der Waals surface area contributed by atoms with Gasteiger partial charge in [0.05, 0.1) is 0 Å². The summed E-state index contributed by atoms with van der Waals surface area (Å²) in [6, 6.07) is 0. The number of ketones is 1. The van der Waals surface area contributed by atoms with Crippen LogP contribution in [0.2, 0.25) is 0 Å². The molecule has 2 rings (SSSR count). The highest BCUT2D eigenvalue weighted by atomic mass is 16.1. The summed E-state index contributed by atoms with van der Waals surface area (Å²) in [5.74, 6) is 3.06. The fourth-order valence-electron chi connectivity index (χ4n) is 3.93. The van der Waals surface area contributed by atoms with Gasteiger partial charge in [-0.25, -0.2) is 0 Å². The molecule has 3 nitrogen and oxygen atoms in total. The van der Waals surface area contributed by atoms with Crippen molar-refractivity contribution in [2.45, 2.75) is 27.2 Å². The van der Waals surface area contributed by atoms with Gasteiger partial charge in [-0.05, 0) is 25.2 Å². The first-order valence-electron chi connectivity index (χ1n) is 7.57. The highest BCUT2D eigenvalue weighted by molar-refractivity contribution is 6.06. The zero-order valence-corrected chi connectivity index (χ0v) is 13.9. The predicted molar refractivity (Wildman–Crippen MR) is 83.1 cm³/mol. The van der Waals surface area contributed by atoms with E-state index >= 15 is 0 Å². The Kier molecular flexibility index (Phi) is 3.99. The summed E-state index contributed by atoms with van der Waals surface area (Å²) in [4.78, 5) is 16.9. The Hall–Kier alpha value is -1.25. The van der Waals surface area contributed by atoms with Crippen LogP contribution >= 0.6 is 0 Å². The molecular formula is C17H28N2O. The van der Waals surface area contributed by atoms with Crippen LogP contribution in [0.25, 0.3) is 0 Å². The Morgan fingerprint density at radius 2 is 1.75 bits per heavy atom. The van der Waals surface area contributed by atoms with Crippen molar-refractivity contribution in [3.05, 3.63) is 23.0 Å². The van der Waals surface area contributed by atoms with Crippen molar-refractivity contribution < 1.29 is 4.79 Å². The highest BCUT2D eigenvalue weighted by Gasteiger charge is 2.53. The first-order chi connectivity index (χ1) is 9.27. The number of allylic oxidation sites excluding steroid dienone is 3. The van der Waals surface area contributed by atoms with E-state index in [0.717, 1.165) is 17.8 Å². The predicted octanol–water partition coefficient (Wildman–Crippen LogP) is 2.76. The van der Waals surface area contributed by atoms with Crippen LogP contribution in [0.15, 0.2) is 23.0 Å². The number of hydrogen-bond donors (Lipinski definition) is 0. The van der Waals surface area contributed by atoms with Gasteiger partial charge in [-0.1, -0.05) is 25.5 Å². The summed E-state index contributed by atoms with van der Waals surface area (Å²) in [6.07, 6.45) is 3.41. The van der Waals surface area contributed by atoms with Crippen molar-refractivity contribution >= 4 is 5.78 Å². The average molecular weight is 276 g/mol. The molecule has 0 heterocycles. The number of nitrogens with zero attached hydrogens (tertiary/aromatic N) is 2. The number of hydrogen-bond acceptors (Lipinski definition) is 3. The fraction of sp³-hybridized carbons (Fsp3) is 0.706. The molecule has 1 saturated carbocycles. The summed E-state index contributed by atoms with van der Waals surface area (Å²) in [7, 11) is 8.07. The fourth-order valence-corrected chi connectivity index (χ4v) is 3.93. The smallest absolute Gasteiger partial charge is 0.167 e. The van der Waals surface area contributed by atoms with E-state index < -0.39 is 0 Å². The number of carbonyl (C=O) groups excluding carboxylic acids is 1. The minimum atomic E-state index is 0.213. The standard InChI is InChI=1S/C17H28N2O/c1-10(2)12-9-8-11(3)13-14(12)16(20)15(13)17(18(4)5)19(6)7/h8,10,12-14H,9H2,1-7H3/t12-,13+,14-/m1/s1. The van der Waals surface area contributed by atoms with Crippen molar-refractivity contribution in [3.63, 3.8) is 0 Å². The van der Waals surface area contributed by atoms with Crippen LogP contribution in [-0.2, 0) is 4.79 Å². The Morgan fingerprint density at radius 1 is 1.20 bits per heavy atom. The van der Waals surface area contributed by atoms with Gasteiger partial charge >= 0.3 is 0 Å². The van der Waals surface area contributed by atoms with Crippen molar-refractivity contribution in [3.8, 4) is 0 Å². The third kappa shape index (κ3) is 2.17. The SMILES string of the molecule is CC1=CC[C@H](C(C)C)[C@H]2C(=O)C(=C(N(C)C)N(C)C)[C@@H]12. The van der Waals surface area contributed by atoms with E-state index in [0.29, 0.717) is 23.5 Å². The summed E-state index contributed by atoms with van der Waals surface area (Å²) >= 11 is 0. The molecule has 112 valence electrons. The molecule has 2 aliphatic rings. The maximum absolute atomic E-state index is 12.8. The van der Waals surface area contributed by atoms with E-state index in [1.807, 2.05) is 28.2 Å². The lowest BCUT2D eigenvalue weighted by Gasteiger charge is -2.49. The maximum Gasteiger partial charge on any atom is 0.167 e. The van der Waals surface area contributed by atoms with Gasteiger partial charge in [0, 0.05) is 45.6 Å². The Balaban J connectivity index is 2.46. The van der Waals surface area contributed by atoms with Gasteiger partial charge in [0.25, 0.3) is 0 Å². The van der Waals surface area contributed by atoms with E-state index in [2.05, 4.69) is 36.6 Å². The molecule has 0 spiro atoms. The third-order valence-corrected chi connectivity index (χ3v) is 4.85. The molecule has 3 atom stereocenters. The van der Waals surface area contributed by atoms with E-state index in [4.69, 9.17) is 0 Å². The molecule has 1 fully saturated rings. The number of carbonyl (C=O) groups is 1. The quantitative estimate of drug-likeness (QED) is 0.585. The van der Waals surface area contributed by atoms with Crippen molar-refractivity contribution in [1.82, 2.24) is 9.80 Å². The lowest BCUT2D eigenvalue weighted by molar-refractivity contribution is -0.130. The van der Waals surface area contributed by atoms with Crippen LogP contribution in [0.3, 0.4) is 0 Å². The molecule has 20 heavy (non-hydrogen) atoms. The normalized spacial score (nSPS) is 28.8. The second-order valence-corrected chi connectivity index (χ2v) is 6.99. The van der Waals surface area contributed by atoms with Gasteiger partial charge in [-0.15, -0.1) is 0 Å². The van der Waals surface area contributed by atoms with Crippen LogP contribution in [-0.4, -0.2) is 43.8 Å². The summed E-state index contributed by atoms with van der Waals surface area (Å²) < 4.78 is 0. The summed E-state index contributed by atoms with van der Waals surface area (Å²) in [6.45, 7) is 6.66. The van der Waals surface area contributed by atoms with Gasteiger partial charge in [0.2, 0.25) is 0 Å². The molecule has 0 saturated heterocycles. The topological polar surface area (TPSA) is 23.6 Å². The molecule has 0 aliphatic heterocycles. The van der Waals surface area contributed by atoms with E-state index in [9.17, 15) is 4.79 Å². The van der Waals surface area contributed by atoms with Crippen LogP contribution < -0.4 is 0 Å². The molecule has 0 amide bonds. The Morgan fingerprint density at radius 3 is 2.20 bits per heavy atom. The second kappa shape index (κ2) is 5.27. The molecule has 3 heteroatoms. The van der Waals surface area contributed by atoms with Gasteiger partial charge in [-0.3, -0.25) is 4.79 Å². The maximum atomic E-state index is 12.8. The average Bonchev–Trinajstić information content (AvgIpc) is 2.34. The molecule has 0 unspecified atom stereocenters. The van der Waals surface area contributed by atoms with E-state index in [-0.39, 0.29) is 5.92 Å². The first-order valence-corrected chi connectivity index (χ1v) is 7.57. The highest BCUT2D eigenvalue weighted by Crippen LogP contribution is 2.52. The van der Waals surface area contributed by atoms with Crippen LogP contribution in [0.4, 0.5) is 0 Å². The lowest BCUT2D eigenvalue weighted by Crippen LogP contribution is -2.51. The lowest BCUT2D eigenvalue weighted by atomic mass is 9.54. The number of rotatable bonds is 3. The van der Waals surface area contributed by atoms with Crippen molar-refractivity contribution in [1.29, 1.82) is 0 Å². The minimum absolute atomic E-state index is 0.213. The van der Waals surface area contributed by atoms with Crippen LogP contribution in [0, 0.1) is 23.7 Å². The molecule has 0 aromatic rings. The van der Waals surface area contributed by atoms with Gasteiger partial charge in [0.1, 0.15) is 5.82 Å². The molecule has 0 radical (unpaired) electrons. The largest absolute Gasteiger partial charge is 0.364 e. The van der Waals surface area contributed by atoms with Gasteiger partial charge < -0.3 is 9.80 Å². The summed E-state index contributed by atoms with van der Waals surface area (Å²) in [5.41, 5.74) is 2.40. The Labute approximate surface area is 123 Å².